The molecule has 0 aliphatic heterocycles. The number of ether oxygens (including phenoxy) is 2. The Labute approximate surface area is 118 Å². The lowest BCUT2D eigenvalue weighted by atomic mass is 9.92. The Kier molecular flexibility index (Phi) is 3.97. The lowest BCUT2D eigenvalue weighted by molar-refractivity contribution is -0.0683. The van der Waals surface area contributed by atoms with Crippen LogP contribution in [0, 0.1) is 5.82 Å². The molecule has 0 saturated heterocycles. The van der Waals surface area contributed by atoms with Crippen LogP contribution >= 0.6 is 0 Å². The van der Waals surface area contributed by atoms with E-state index in [9.17, 15) is 4.39 Å². The average Bonchev–Trinajstić information content (AvgIpc) is 2.44. The second-order valence-electron chi connectivity index (χ2n) is 5.08. The molecule has 3 rings (SSSR count). The van der Waals surface area contributed by atoms with Gasteiger partial charge in [-0.15, -0.1) is 0 Å². The molecular formula is C17H17FO2. The van der Waals surface area contributed by atoms with Crippen molar-refractivity contribution in [3.8, 4) is 5.75 Å². The van der Waals surface area contributed by atoms with Crippen molar-refractivity contribution in [2.75, 3.05) is 0 Å². The Morgan fingerprint density at radius 3 is 2.30 bits per heavy atom. The first-order valence-corrected chi connectivity index (χ1v) is 6.87. The van der Waals surface area contributed by atoms with E-state index in [1.165, 1.54) is 17.7 Å². The molecule has 0 radical (unpaired) electrons. The molecule has 0 unspecified atom stereocenters. The molecule has 1 aliphatic carbocycles. The molecular weight excluding hydrogens is 255 g/mol. The Hall–Kier alpha value is -1.87. The number of hydrogen-bond acceptors (Lipinski definition) is 2. The molecule has 104 valence electrons. The average molecular weight is 272 g/mol. The van der Waals surface area contributed by atoms with Crippen LogP contribution in [0.15, 0.2) is 54.6 Å². The van der Waals surface area contributed by atoms with Gasteiger partial charge in [-0.3, -0.25) is 0 Å². The summed E-state index contributed by atoms with van der Waals surface area (Å²) in [5.74, 6) is 0.480. The smallest absolute Gasteiger partial charge is 0.123 e. The van der Waals surface area contributed by atoms with Crippen LogP contribution in [0.1, 0.15) is 18.4 Å². The van der Waals surface area contributed by atoms with Crippen molar-refractivity contribution in [3.05, 3.63) is 66.0 Å². The fraction of sp³-hybridized carbons (Fsp3) is 0.294. The van der Waals surface area contributed by atoms with Crippen LogP contribution in [0.25, 0.3) is 0 Å². The highest BCUT2D eigenvalue weighted by molar-refractivity contribution is 5.22. The topological polar surface area (TPSA) is 18.5 Å². The molecule has 0 aromatic heterocycles. The summed E-state index contributed by atoms with van der Waals surface area (Å²) in [7, 11) is 0. The van der Waals surface area contributed by atoms with Crippen molar-refractivity contribution in [2.45, 2.75) is 31.7 Å². The number of rotatable bonds is 5. The third-order valence-electron chi connectivity index (χ3n) is 3.50. The molecule has 0 atom stereocenters. The molecule has 2 aromatic rings. The number of halogens is 1. The summed E-state index contributed by atoms with van der Waals surface area (Å²) in [6.07, 6.45) is 2.23. The first-order valence-electron chi connectivity index (χ1n) is 6.87. The van der Waals surface area contributed by atoms with Crippen LogP contribution < -0.4 is 4.74 Å². The van der Waals surface area contributed by atoms with Crippen molar-refractivity contribution in [1.29, 1.82) is 0 Å². The largest absolute Gasteiger partial charge is 0.490 e. The summed E-state index contributed by atoms with van der Waals surface area (Å²) < 4.78 is 24.3. The summed E-state index contributed by atoms with van der Waals surface area (Å²) in [6.45, 7) is 0.648. The molecule has 1 saturated carbocycles. The number of benzene rings is 2. The quantitative estimate of drug-likeness (QED) is 0.820. The normalized spacial score (nSPS) is 21.2. The lowest BCUT2D eigenvalue weighted by Crippen LogP contribution is -2.39. The van der Waals surface area contributed by atoms with Gasteiger partial charge in [-0.1, -0.05) is 30.3 Å². The van der Waals surface area contributed by atoms with Crippen LogP contribution in [0.4, 0.5) is 4.39 Å². The maximum Gasteiger partial charge on any atom is 0.123 e. The molecule has 0 N–H and O–H groups in total. The Balaban J connectivity index is 1.39. The highest BCUT2D eigenvalue weighted by Gasteiger charge is 2.31. The minimum atomic E-state index is -0.241. The van der Waals surface area contributed by atoms with E-state index in [1.807, 2.05) is 18.2 Å². The summed E-state index contributed by atoms with van der Waals surface area (Å²) in [5.41, 5.74) is 1.19. The second-order valence-corrected chi connectivity index (χ2v) is 5.08. The van der Waals surface area contributed by atoms with Gasteiger partial charge in [0.2, 0.25) is 0 Å². The number of hydrogen-bond donors (Lipinski definition) is 0. The Morgan fingerprint density at radius 2 is 1.60 bits per heavy atom. The Bertz CT molecular complexity index is 533. The molecule has 0 heterocycles. The van der Waals surface area contributed by atoms with Crippen molar-refractivity contribution in [1.82, 2.24) is 0 Å². The van der Waals surface area contributed by atoms with Gasteiger partial charge in [-0.2, -0.15) is 0 Å². The minimum absolute atomic E-state index is 0.182. The zero-order valence-electron chi connectivity index (χ0n) is 11.2. The first kappa shape index (κ1) is 13.1. The van der Waals surface area contributed by atoms with E-state index in [2.05, 4.69) is 12.1 Å². The van der Waals surface area contributed by atoms with Crippen LogP contribution in [-0.4, -0.2) is 12.2 Å². The molecule has 1 aliphatic rings. The van der Waals surface area contributed by atoms with E-state index >= 15 is 0 Å². The van der Waals surface area contributed by atoms with E-state index in [0.717, 1.165) is 18.6 Å². The monoisotopic (exact) mass is 272 g/mol. The van der Waals surface area contributed by atoms with Crippen molar-refractivity contribution >= 4 is 0 Å². The summed E-state index contributed by atoms with van der Waals surface area (Å²) in [5, 5.41) is 0. The van der Waals surface area contributed by atoms with Crippen molar-refractivity contribution < 1.29 is 13.9 Å². The van der Waals surface area contributed by atoms with Gasteiger partial charge in [0, 0.05) is 12.8 Å². The van der Waals surface area contributed by atoms with E-state index in [1.54, 1.807) is 12.1 Å². The van der Waals surface area contributed by atoms with Gasteiger partial charge in [0.25, 0.3) is 0 Å². The maximum absolute atomic E-state index is 12.8. The van der Waals surface area contributed by atoms with Crippen LogP contribution in [0.2, 0.25) is 0 Å². The van der Waals surface area contributed by atoms with E-state index in [0.29, 0.717) is 6.61 Å². The predicted octanol–water partition coefficient (Wildman–Crippen LogP) is 3.95. The van der Waals surface area contributed by atoms with E-state index in [4.69, 9.17) is 9.47 Å². The zero-order chi connectivity index (χ0) is 13.8. The molecule has 2 nitrogen and oxygen atoms in total. The molecule has 20 heavy (non-hydrogen) atoms. The highest BCUT2D eigenvalue weighted by Crippen LogP contribution is 2.29. The molecule has 0 bridgehead atoms. The van der Waals surface area contributed by atoms with E-state index in [-0.39, 0.29) is 18.0 Å². The van der Waals surface area contributed by atoms with Gasteiger partial charge in [0.15, 0.2) is 0 Å². The Morgan fingerprint density at radius 1 is 0.900 bits per heavy atom. The van der Waals surface area contributed by atoms with E-state index < -0.39 is 0 Å². The van der Waals surface area contributed by atoms with Gasteiger partial charge in [-0.05, 0) is 29.8 Å². The van der Waals surface area contributed by atoms with Gasteiger partial charge in [0.1, 0.15) is 17.7 Å². The van der Waals surface area contributed by atoms with Crippen LogP contribution in [0.3, 0.4) is 0 Å². The third kappa shape index (κ3) is 3.36. The van der Waals surface area contributed by atoms with Crippen molar-refractivity contribution in [3.63, 3.8) is 0 Å². The summed E-state index contributed by atoms with van der Waals surface area (Å²) >= 11 is 0. The lowest BCUT2D eigenvalue weighted by Gasteiger charge is -2.35. The minimum Gasteiger partial charge on any atom is -0.490 e. The first-order chi connectivity index (χ1) is 9.79. The van der Waals surface area contributed by atoms with Crippen molar-refractivity contribution in [2.24, 2.45) is 0 Å². The van der Waals surface area contributed by atoms with Crippen LogP contribution in [-0.2, 0) is 11.3 Å². The standard InChI is InChI=1S/C17H17FO2/c18-14-6-8-15(9-7-14)20-17-10-16(11-17)19-12-13-4-2-1-3-5-13/h1-9,16-17H,10-12H2. The highest BCUT2D eigenvalue weighted by atomic mass is 19.1. The maximum atomic E-state index is 12.8. The molecule has 0 amide bonds. The molecule has 0 spiro atoms. The van der Waals surface area contributed by atoms with Crippen LogP contribution in [0.5, 0.6) is 5.75 Å². The molecule has 3 heteroatoms. The summed E-state index contributed by atoms with van der Waals surface area (Å²) in [6, 6.07) is 16.3. The van der Waals surface area contributed by atoms with Gasteiger partial charge < -0.3 is 9.47 Å². The molecule has 2 aromatic carbocycles. The van der Waals surface area contributed by atoms with Gasteiger partial charge in [-0.25, -0.2) is 4.39 Å². The fourth-order valence-electron chi connectivity index (χ4n) is 2.24. The van der Waals surface area contributed by atoms with Gasteiger partial charge >= 0.3 is 0 Å². The fourth-order valence-corrected chi connectivity index (χ4v) is 2.24. The zero-order valence-corrected chi connectivity index (χ0v) is 11.2. The van der Waals surface area contributed by atoms with Gasteiger partial charge in [0.05, 0.1) is 12.7 Å². The second kappa shape index (κ2) is 6.06. The molecule has 1 fully saturated rings. The predicted molar refractivity (Wildman–Crippen MR) is 75.1 cm³/mol. The SMILES string of the molecule is Fc1ccc(OC2CC(OCc3ccccc3)C2)cc1. The third-order valence-corrected chi connectivity index (χ3v) is 3.50. The summed E-state index contributed by atoms with van der Waals surface area (Å²) in [4.78, 5) is 0.